The minimum atomic E-state index is 0.0345. The van der Waals surface area contributed by atoms with E-state index in [4.69, 9.17) is 25.6 Å². The van der Waals surface area contributed by atoms with E-state index >= 15 is 0 Å². The van der Waals surface area contributed by atoms with Crippen molar-refractivity contribution in [2.75, 3.05) is 40.5 Å². The summed E-state index contributed by atoms with van der Waals surface area (Å²) in [6, 6.07) is 7.30. The zero-order chi connectivity index (χ0) is 18.4. The van der Waals surface area contributed by atoms with Crippen LogP contribution in [0.25, 0.3) is 11.4 Å². The highest BCUT2D eigenvalue weighted by atomic mass is 35.5. The topological polar surface area (TPSA) is 85.0 Å². The number of guanidine groups is 1. The second-order valence-electron chi connectivity index (χ2n) is 5.81. The Bertz CT molecular complexity index is 732. The number of ether oxygens (including phenoxy) is 2. The van der Waals surface area contributed by atoms with Gasteiger partial charge in [0.1, 0.15) is 0 Å². The Hall–Kier alpha value is -2.16. The zero-order valence-corrected chi connectivity index (χ0v) is 15.6. The molecular weight excluding hydrogens is 358 g/mol. The van der Waals surface area contributed by atoms with Crippen LogP contribution in [0.4, 0.5) is 0 Å². The van der Waals surface area contributed by atoms with Crippen LogP contribution in [0, 0.1) is 0 Å². The minimum Gasteiger partial charge on any atom is -0.382 e. The van der Waals surface area contributed by atoms with Crippen LogP contribution in [0.15, 0.2) is 33.8 Å². The Morgan fingerprint density at radius 1 is 1.42 bits per heavy atom. The van der Waals surface area contributed by atoms with E-state index in [1.165, 1.54) is 0 Å². The Balaban J connectivity index is 1.58. The summed E-state index contributed by atoms with van der Waals surface area (Å²) < 4.78 is 16.2. The van der Waals surface area contributed by atoms with Gasteiger partial charge in [0, 0.05) is 37.8 Å². The van der Waals surface area contributed by atoms with E-state index in [9.17, 15) is 0 Å². The molecular formula is C17H22ClN5O3. The maximum Gasteiger partial charge on any atom is 0.246 e. The van der Waals surface area contributed by atoms with Crippen LogP contribution in [0.3, 0.4) is 0 Å². The number of hydrogen-bond donors (Lipinski definition) is 1. The van der Waals surface area contributed by atoms with Gasteiger partial charge in [-0.2, -0.15) is 4.98 Å². The highest BCUT2D eigenvalue weighted by Crippen LogP contribution is 2.18. The molecule has 1 aromatic carbocycles. The van der Waals surface area contributed by atoms with Crippen LogP contribution in [0.1, 0.15) is 5.89 Å². The van der Waals surface area contributed by atoms with Gasteiger partial charge in [-0.05, 0) is 24.3 Å². The van der Waals surface area contributed by atoms with Crippen molar-refractivity contribution in [3.8, 4) is 11.4 Å². The van der Waals surface area contributed by atoms with Crippen LogP contribution in [-0.2, 0) is 16.0 Å². The molecule has 1 fully saturated rings. The van der Waals surface area contributed by atoms with Gasteiger partial charge in [-0.15, -0.1) is 0 Å². The Morgan fingerprint density at radius 3 is 2.96 bits per heavy atom. The quantitative estimate of drug-likeness (QED) is 0.626. The van der Waals surface area contributed by atoms with E-state index in [0.717, 1.165) is 18.1 Å². The number of aliphatic imine (C=N–C) groups is 1. The highest BCUT2D eigenvalue weighted by Gasteiger charge is 2.23. The number of halogens is 1. The molecule has 0 bridgehead atoms. The molecule has 0 saturated carbocycles. The number of hydrogen-bond acceptors (Lipinski definition) is 6. The van der Waals surface area contributed by atoms with Crippen molar-refractivity contribution >= 4 is 17.6 Å². The van der Waals surface area contributed by atoms with Gasteiger partial charge >= 0.3 is 0 Å². The van der Waals surface area contributed by atoms with E-state index in [1.54, 1.807) is 26.3 Å². The average molecular weight is 380 g/mol. The molecule has 140 valence electrons. The maximum absolute atomic E-state index is 5.90. The number of nitrogens with one attached hydrogen (secondary N) is 1. The van der Waals surface area contributed by atoms with Gasteiger partial charge < -0.3 is 24.2 Å². The summed E-state index contributed by atoms with van der Waals surface area (Å²) in [5, 5.41) is 7.93. The number of benzene rings is 1. The maximum atomic E-state index is 5.90. The van der Waals surface area contributed by atoms with Gasteiger partial charge in [0.15, 0.2) is 5.96 Å². The van der Waals surface area contributed by atoms with Gasteiger partial charge in [-0.3, -0.25) is 4.99 Å². The molecule has 9 heteroatoms. The van der Waals surface area contributed by atoms with Crippen LogP contribution < -0.4 is 5.32 Å². The Morgan fingerprint density at radius 2 is 2.23 bits per heavy atom. The molecule has 1 saturated heterocycles. The summed E-state index contributed by atoms with van der Waals surface area (Å²) >= 11 is 5.90. The molecule has 2 aromatic rings. The van der Waals surface area contributed by atoms with Gasteiger partial charge in [0.2, 0.25) is 11.7 Å². The smallest absolute Gasteiger partial charge is 0.246 e. The van der Waals surface area contributed by atoms with Gasteiger partial charge in [-0.25, -0.2) is 0 Å². The molecule has 1 N–H and O–H groups in total. The number of rotatable bonds is 5. The van der Waals surface area contributed by atoms with Crippen molar-refractivity contribution < 1.29 is 14.0 Å². The average Bonchev–Trinajstić information content (AvgIpc) is 3.12. The van der Waals surface area contributed by atoms with Crippen molar-refractivity contribution in [2.24, 2.45) is 4.99 Å². The molecule has 2 heterocycles. The van der Waals surface area contributed by atoms with Gasteiger partial charge in [0.25, 0.3) is 0 Å². The Labute approximate surface area is 157 Å². The third-order valence-corrected chi connectivity index (χ3v) is 4.22. The summed E-state index contributed by atoms with van der Waals surface area (Å²) in [7, 11) is 3.42. The predicted octanol–water partition coefficient (Wildman–Crippen LogP) is 1.81. The number of aromatic nitrogens is 2. The second-order valence-corrected chi connectivity index (χ2v) is 6.25. The molecule has 8 nitrogen and oxygen atoms in total. The van der Waals surface area contributed by atoms with Crippen LogP contribution >= 0.6 is 11.6 Å². The third-order valence-electron chi connectivity index (χ3n) is 3.97. The zero-order valence-electron chi connectivity index (χ0n) is 14.8. The first-order valence-corrected chi connectivity index (χ1v) is 8.72. The molecule has 1 aliphatic heterocycles. The van der Waals surface area contributed by atoms with E-state index in [2.05, 4.69) is 25.3 Å². The van der Waals surface area contributed by atoms with Crippen molar-refractivity contribution in [3.05, 3.63) is 35.2 Å². The lowest BCUT2D eigenvalue weighted by Crippen LogP contribution is -2.51. The third kappa shape index (κ3) is 4.72. The normalized spacial score (nSPS) is 18.2. The number of nitrogens with zero attached hydrogens (tertiary/aromatic N) is 4. The fourth-order valence-electron chi connectivity index (χ4n) is 2.73. The number of methoxy groups -OCH3 is 1. The molecule has 26 heavy (non-hydrogen) atoms. The Kier molecular flexibility index (Phi) is 6.43. The molecule has 0 amide bonds. The summed E-state index contributed by atoms with van der Waals surface area (Å²) in [5.74, 6) is 1.78. The first-order valence-electron chi connectivity index (χ1n) is 8.34. The fraction of sp³-hybridized carbons (Fsp3) is 0.471. The van der Waals surface area contributed by atoms with Crippen LogP contribution in [0.2, 0.25) is 5.02 Å². The monoisotopic (exact) mass is 379 g/mol. The second kappa shape index (κ2) is 8.98. The van der Waals surface area contributed by atoms with Crippen molar-refractivity contribution in [3.63, 3.8) is 0 Å². The molecule has 0 radical (unpaired) electrons. The largest absolute Gasteiger partial charge is 0.382 e. The van der Waals surface area contributed by atoms with E-state index in [1.807, 2.05) is 12.1 Å². The van der Waals surface area contributed by atoms with Crippen LogP contribution in [-0.4, -0.2) is 67.6 Å². The molecule has 0 spiro atoms. The van der Waals surface area contributed by atoms with Gasteiger partial charge in [0.05, 0.1) is 25.9 Å². The molecule has 1 atom stereocenters. The van der Waals surface area contributed by atoms with Crippen molar-refractivity contribution in [1.82, 2.24) is 20.4 Å². The van der Waals surface area contributed by atoms with E-state index in [0.29, 0.717) is 43.0 Å². The highest BCUT2D eigenvalue weighted by molar-refractivity contribution is 6.30. The lowest BCUT2D eigenvalue weighted by Gasteiger charge is -2.34. The summed E-state index contributed by atoms with van der Waals surface area (Å²) in [6.07, 6.45) is 0.0345. The SMILES string of the molecule is CN=C(NCc1nc(-c2ccc(Cl)cc2)no1)N1CCOC(COC)C1. The molecule has 0 aliphatic carbocycles. The molecule has 3 rings (SSSR count). The first kappa shape index (κ1) is 18.6. The van der Waals surface area contributed by atoms with Crippen molar-refractivity contribution in [1.29, 1.82) is 0 Å². The summed E-state index contributed by atoms with van der Waals surface area (Å²) in [5.41, 5.74) is 0.851. The predicted molar refractivity (Wildman–Crippen MR) is 98.1 cm³/mol. The number of morpholine rings is 1. The fourth-order valence-corrected chi connectivity index (χ4v) is 2.85. The lowest BCUT2D eigenvalue weighted by molar-refractivity contribution is -0.0447. The lowest BCUT2D eigenvalue weighted by atomic mass is 10.2. The van der Waals surface area contributed by atoms with Crippen molar-refractivity contribution in [2.45, 2.75) is 12.6 Å². The summed E-state index contributed by atoms with van der Waals surface area (Å²) in [6.45, 7) is 3.06. The molecule has 1 aromatic heterocycles. The van der Waals surface area contributed by atoms with E-state index in [-0.39, 0.29) is 6.10 Å². The summed E-state index contributed by atoms with van der Waals surface area (Å²) in [4.78, 5) is 10.9. The van der Waals surface area contributed by atoms with Crippen LogP contribution in [0.5, 0.6) is 0 Å². The standard InChI is InChI=1S/C17H22ClN5O3/c1-19-17(23-7-8-25-14(10-23)11-24-2)20-9-15-21-16(22-26-15)12-3-5-13(18)6-4-12/h3-6,14H,7-11H2,1-2H3,(H,19,20). The first-order chi connectivity index (χ1) is 12.7. The van der Waals surface area contributed by atoms with E-state index < -0.39 is 0 Å². The molecule has 1 unspecified atom stereocenters. The minimum absolute atomic E-state index is 0.0345. The van der Waals surface area contributed by atoms with Gasteiger partial charge in [-0.1, -0.05) is 16.8 Å². The molecule has 1 aliphatic rings.